The zero-order valence-electron chi connectivity index (χ0n) is 18.7. The first-order valence-corrected chi connectivity index (χ1v) is 11.3. The summed E-state index contributed by atoms with van der Waals surface area (Å²) in [4.78, 5) is 4.54. The van der Waals surface area contributed by atoms with Crippen LogP contribution < -0.4 is 15.0 Å². The van der Waals surface area contributed by atoms with Gasteiger partial charge in [0.25, 0.3) is 0 Å². The highest BCUT2D eigenvalue weighted by molar-refractivity contribution is 5.51. The summed E-state index contributed by atoms with van der Waals surface area (Å²) in [5.74, 6) is 0.886. The first-order valence-electron chi connectivity index (χ1n) is 11.3. The van der Waals surface area contributed by atoms with E-state index >= 15 is 0 Å². The fraction of sp³-hybridized carbons (Fsp3) is 0.423. The third kappa shape index (κ3) is 5.05. The lowest BCUT2D eigenvalue weighted by Gasteiger charge is -2.36. The zero-order chi connectivity index (χ0) is 22.5. The van der Waals surface area contributed by atoms with Crippen LogP contribution >= 0.6 is 0 Å². The molecule has 0 aliphatic carbocycles. The number of hydrogen-bond donors (Lipinski definition) is 1. The van der Waals surface area contributed by atoms with Crippen LogP contribution in [-0.2, 0) is 13.0 Å². The summed E-state index contributed by atoms with van der Waals surface area (Å²) in [7, 11) is 1.71. The number of rotatable bonds is 7. The van der Waals surface area contributed by atoms with Gasteiger partial charge >= 0.3 is 0 Å². The van der Waals surface area contributed by atoms with Gasteiger partial charge in [-0.15, -0.1) is 0 Å². The molecule has 0 aromatic heterocycles. The molecule has 4 rings (SSSR count). The summed E-state index contributed by atoms with van der Waals surface area (Å²) >= 11 is 0. The van der Waals surface area contributed by atoms with Crippen molar-refractivity contribution in [2.45, 2.75) is 25.8 Å². The third-order valence-corrected chi connectivity index (χ3v) is 6.62. The number of halogens is 1. The fourth-order valence-electron chi connectivity index (χ4n) is 4.74. The van der Waals surface area contributed by atoms with Crippen molar-refractivity contribution in [3.05, 3.63) is 71.2 Å². The number of nitriles is 1. The summed E-state index contributed by atoms with van der Waals surface area (Å²) in [6, 6.07) is 13.1. The van der Waals surface area contributed by atoms with Crippen molar-refractivity contribution >= 4 is 5.69 Å². The topological polar surface area (TPSA) is 51.5 Å². The van der Waals surface area contributed by atoms with Gasteiger partial charge in [-0.1, -0.05) is 12.6 Å². The summed E-state index contributed by atoms with van der Waals surface area (Å²) in [5.41, 5.74) is 4.72. The van der Waals surface area contributed by atoms with E-state index in [1.165, 1.54) is 17.2 Å². The smallest absolute Gasteiger partial charge is 0.147 e. The minimum Gasteiger partial charge on any atom is -0.497 e. The predicted molar refractivity (Wildman–Crippen MR) is 125 cm³/mol. The van der Waals surface area contributed by atoms with Crippen LogP contribution in [0.2, 0.25) is 0 Å². The lowest BCUT2D eigenvalue weighted by molar-refractivity contribution is 0.254. The number of anilines is 1. The molecule has 2 aliphatic rings. The number of piperidine rings is 1. The monoisotopic (exact) mass is 434 g/mol. The van der Waals surface area contributed by atoms with Gasteiger partial charge in [0.05, 0.1) is 24.4 Å². The van der Waals surface area contributed by atoms with E-state index in [1.54, 1.807) is 19.2 Å². The second-order valence-corrected chi connectivity index (χ2v) is 8.68. The lowest BCUT2D eigenvalue weighted by Crippen LogP contribution is -2.40. The maximum atomic E-state index is 14.5. The van der Waals surface area contributed by atoms with Crippen molar-refractivity contribution < 1.29 is 9.13 Å². The molecule has 6 heteroatoms. The van der Waals surface area contributed by atoms with Gasteiger partial charge in [-0.2, -0.15) is 5.26 Å². The second-order valence-electron chi connectivity index (χ2n) is 8.68. The number of benzene rings is 2. The average Bonchev–Trinajstić information content (AvgIpc) is 2.83. The van der Waals surface area contributed by atoms with E-state index in [-0.39, 0.29) is 11.7 Å². The highest BCUT2D eigenvalue weighted by atomic mass is 19.1. The van der Waals surface area contributed by atoms with Crippen molar-refractivity contribution in [3.8, 4) is 11.8 Å². The molecule has 0 spiro atoms. The molecule has 32 heavy (non-hydrogen) atoms. The Balaban J connectivity index is 1.26. The Morgan fingerprint density at radius 3 is 2.91 bits per heavy atom. The minimum absolute atomic E-state index is 0.286. The van der Waals surface area contributed by atoms with Crippen LogP contribution in [0, 0.1) is 23.1 Å². The number of methoxy groups -OCH3 is 1. The normalized spacial score (nSPS) is 18.5. The summed E-state index contributed by atoms with van der Waals surface area (Å²) in [6.45, 7) is 9.68. The third-order valence-electron chi connectivity index (χ3n) is 6.62. The summed E-state index contributed by atoms with van der Waals surface area (Å²) in [6.07, 6.45) is 3.09. The molecule has 1 unspecified atom stereocenters. The highest BCUT2D eigenvalue weighted by Crippen LogP contribution is 2.28. The second kappa shape index (κ2) is 10.1. The van der Waals surface area contributed by atoms with E-state index in [1.807, 2.05) is 12.1 Å². The summed E-state index contributed by atoms with van der Waals surface area (Å²) < 4.78 is 19.8. The van der Waals surface area contributed by atoms with E-state index in [4.69, 9.17) is 10.00 Å². The number of nitrogens with one attached hydrogen (secondary N) is 1. The maximum Gasteiger partial charge on any atom is 0.147 e. The standard InChI is InChI=1S/C26H31FN4O/c1-19(22-4-3-11-31(18-22)26-8-5-20(16-28)14-25(26)27)29-10-13-30-12-9-21-15-24(32-2)7-6-23(21)17-30/h5-8,14-15,22,29H,1,3-4,9-13,17-18H2,2H3. The first kappa shape index (κ1) is 22.2. The van der Waals surface area contributed by atoms with Gasteiger partial charge in [-0.3, -0.25) is 4.90 Å². The SMILES string of the molecule is C=C(NCCN1CCc2cc(OC)ccc2C1)C1CCCN(c2ccc(C#N)cc2F)C1. The molecule has 2 aromatic carbocycles. The molecule has 5 nitrogen and oxygen atoms in total. The molecule has 1 N–H and O–H groups in total. The number of nitrogens with zero attached hydrogens (tertiary/aromatic N) is 3. The Bertz CT molecular complexity index is 1020. The van der Waals surface area contributed by atoms with Crippen LogP contribution in [-0.4, -0.2) is 44.7 Å². The molecule has 0 radical (unpaired) electrons. The van der Waals surface area contributed by atoms with Crippen LogP contribution in [0.5, 0.6) is 5.75 Å². The van der Waals surface area contributed by atoms with Crippen LogP contribution in [0.25, 0.3) is 0 Å². The number of hydrogen-bond acceptors (Lipinski definition) is 5. The maximum absolute atomic E-state index is 14.5. The van der Waals surface area contributed by atoms with Crippen LogP contribution in [0.3, 0.4) is 0 Å². The van der Waals surface area contributed by atoms with Crippen LogP contribution in [0.15, 0.2) is 48.7 Å². The van der Waals surface area contributed by atoms with E-state index in [9.17, 15) is 4.39 Å². The van der Waals surface area contributed by atoms with E-state index in [2.05, 4.69) is 33.8 Å². The molecule has 2 aliphatic heterocycles. The molecule has 2 aromatic rings. The van der Waals surface area contributed by atoms with Gasteiger partial charge in [0.15, 0.2) is 0 Å². The largest absolute Gasteiger partial charge is 0.497 e. The Morgan fingerprint density at radius 2 is 2.12 bits per heavy atom. The minimum atomic E-state index is -0.328. The van der Waals surface area contributed by atoms with Crippen molar-refractivity contribution in [2.75, 3.05) is 44.7 Å². The molecule has 1 atom stereocenters. The van der Waals surface area contributed by atoms with E-state index in [0.29, 0.717) is 11.3 Å². The average molecular weight is 435 g/mol. The molecular weight excluding hydrogens is 403 g/mol. The molecular formula is C26H31FN4O. The van der Waals surface area contributed by atoms with E-state index in [0.717, 1.165) is 70.0 Å². The van der Waals surface area contributed by atoms with Gasteiger partial charge < -0.3 is 15.0 Å². The Hall–Kier alpha value is -3.04. The zero-order valence-corrected chi connectivity index (χ0v) is 18.7. The van der Waals surface area contributed by atoms with Gasteiger partial charge in [-0.25, -0.2) is 4.39 Å². The molecule has 0 saturated carbocycles. The van der Waals surface area contributed by atoms with E-state index < -0.39 is 0 Å². The number of ether oxygens (including phenoxy) is 1. The quantitative estimate of drug-likeness (QED) is 0.712. The fourth-order valence-corrected chi connectivity index (χ4v) is 4.74. The molecule has 168 valence electrons. The Labute approximate surface area is 190 Å². The predicted octanol–water partition coefficient (Wildman–Crippen LogP) is 4.08. The van der Waals surface area contributed by atoms with Gasteiger partial charge in [0, 0.05) is 50.9 Å². The van der Waals surface area contributed by atoms with Crippen molar-refractivity contribution in [3.63, 3.8) is 0 Å². The number of fused-ring (bicyclic) bond motifs is 1. The Kier molecular flexibility index (Phi) is 6.96. The lowest BCUT2D eigenvalue weighted by atomic mass is 9.94. The van der Waals surface area contributed by atoms with Gasteiger partial charge in [0.1, 0.15) is 11.6 Å². The Morgan fingerprint density at radius 1 is 1.25 bits per heavy atom. The molecule has 1 fully saturated rings. The van der Waals surface area contributed by atoms with Crippen LogP contribution in [0.1, 0.15) is 29.5 Å². The van der Waals surface area contributed by atoms with Gasteiger partial charge in [0.2, 0.25) is 0 Å². The van der Waals surface area contributed by atoms with Crippen molar-refractivity contribution in [1.29, 1.82) is 5.26 Å². The van der Waals surface area contributed by atoms with Gasteiger partial charge in [-0.05, 0) is 60.7 Å². The highest BCUT2D eigenvalue weighted by Gasteiger charge is 2.24. The van der Waals surface area contributed by atoms with Crippen LogP contribution in [0.4, 0.5) is 10.1 Å². The first-order chi connectivity index (χ1) is 15.6. The molecule has 0 amide bonds. The van der Waals surface area contributed by atoms with Crippen molar-refractivity contribution in [1.82, 2.24) is 10.2 Å². The molecule has 1 saturated heterocycles. The molecule has 0 bridgehead atoms. The summed E-state index contributed by atoms with van der Waals surface area (Å²) in [5, 5.41) is 12.5. The van der Waals surface area contributed by atoms with Crippen molar-refractivity contribution in [2.24, 2.45) is 5.92 Å². The molecule has 2 heterocycles.